The van der Waals surface area contributed by atoms with E-state index in [1.807, 2.05) is 99.7 Å². The van der Waals surface area contributed by atoms with Crippen LogP contribution in [0.3, 0.4) is 0 Å². The molecular weight excluding hydrogens is 1090 g/mol. The number of benzene rings is 2. The maximum atomic E-state index is 13.5. The van der Waals surface area contributed by atoms with Crippen LogP contribution in [-0.2, 0) is 61.1 Å². The van der Waals surface area contributed by atoms with Gasteiger partial charge in [-0.05, 0) is 107 Å². The Bertz CT molecular complexity index is 3620. The minimum Gasteiger partial charge on any atom is -0.480 e. The predicted molar refractivity (Wildman–Crippen MR) is 321 cm³/mol. The van der Waals surface area contributed by atoms with Crippen LogP contribution in [0.15, 0.2) is 128 Å². The molecular formula is C58H63N13O7S3. The van der Waals surface area contributed by atoms with Gasteiger partial charge in [0.05, 0.1) is 24.0 Å². The molecule has 0 aliphatic carbocycles. The van der Waals surface area contributed by atoms with E-state index in [1.165, 1.54) is 11.6 Å². The zero-order chi connectivity index (χ0) is 56.8. The monoisotopic (exact) mass is 1150 g/mol. The lowest BCUT2D eigenvalue weighted by Gasteiger charge is -2.32. The van der Waals surface area contributed by atoms with Crippen LogP contribution in [-0.4, -0.2) is 115 Å². The van der Waals surface area contributed by atoms with Crippen molar-refractivity contribution in [1.82, 2.24) is 54.5 Å². The smallest absolute Gasteiger partial charge is 0.323 e. The molecule has 8 heterocycles. The van der Waals surface area contributed by atoms with Gasteiger partial charge in [0.25, 0.3) is 5.91 Å². The lowest BCUT2D eigenvalue weighted by atomic mass is 9.99. The first-order valence-electron chi connectivity index (χ1n) is 24.9. The Morgan fingerprint density at radius 2 is 1.32 bits per heavy atom. The molecule has 0 spiro atoms. The molecule has 0 saturated carbocycles. The third-order valence-corrected chi connectivity index (χ3v) is 12.7. The number of hydrogen-bond donors (Lipinski definition) is 4. The second-order valence-electron chi connectivity index (χ2n) is 18.5. The molecule has 6 aromatic heterocycles. The Kier molecular flexibility index (Phi) is 23.0. The van der Waals surface area contributed by atoms with Crippen molar-refractivity contribution in [3.05, 3.63) is 168 Å². The number of carbonyl (C=O) groups excluding carboxylic acids is 5. The standard InChI is InChI=1S/C28H27N7O3.C17H15N3O3.C12H15N3O.CH4.S2.H2S/c1-17-6-5-7-21(32-17)13-25(36)24-8-3-4-11-34(24)26(37)16-35-23-10-9-19(20-14-30-18(2)31-15-20)12-22(23)27(33-35)28(29)38;1-10(21)15-8-20(9-17(22)23)16-4-3-12(5-14(15)16)13-6-18-11(2)19-7-13;1-9-5-4-7-11(14-9)15-12(16)10-6-2-3-8-13-10;;1-2;/h3-7,9-10,12,14-15,24H,8,11,13,16H2,1-2H3,(H2,29,38);3-8H,9H2,1-2H3,(H,22,23);2-5,7,10,13H,6,8H2,1H3,(H,14,15,16);1H4;;1H2/t;;10-;;;/m..0.../s1. The summed E-state index contributed by atoms with van der Waals surface area (Å²) >= 11 is 7.33. The largest absolute Gasteiger partial charge is 0.480 e. The minimum atomic E-state index is -0.951. The van der Waals surface area contributed by atoms with Gasteiger partial charge in [0.1, 0.15) is 30.6 Å². The van der Waals surface area contributed by atoms with Crippen LogP contribution in [0, 0.1) is 27.7 Å². The van der Waals surface area contributed by atoms with Crippen LogP contribution < -0.4 is 16.4 Å². The number of nitrogens with one attached hydrogen (secondary N) is 2. The van der Waals surface area contributed by atoms with Crippen molar-refractivity contribution in [3.63, 3.8) is 0 Å². The number of aromatic nitrogens is 9. The van der Waals surface area contributed by atoms with Crippen LogP contribution in [0.25, 0.3) is 44.1 Å². The number of amides is 3. The molecule has 2 aromatic carbocycles. The molecule has 3 amide bonds. The molecule has 420 valence electrons. The van der Waals surface area contributed by atoms with Crippen molar-refractivity contribution in [2.24, 2.45) is 5.73 Å². The minimum absolute atomic E-state index is 0. The maximum Gasteiger partial charge on any atom is 0.323 e. The number of pyridine rings is 2. The van der Waals surface area contributed by atoms with Crippen molar-refractivity contribution in [3.8, 4) is 22.3 Å². The van der Waals surface area contributed by atoms with Gasteiger partial charge in [0.15, 0.2) is 17.3 Å². The summed E-state index contributed by atoms with van der Waals surface area (Å²) in [5.74, 6) is -0.174. The third-order valence-electron chi connectivity index (χ3n) is 12.7. The number of carboxylic acid groups (broad SMARTS) is 1. The van der Waals surface area contributed by atoms with E-state index in [0.717, 1.165) is 57.5 Å². The first-order valence-corrected chi connectivity index (χ1v) is 26.3. The van der Waals surface area contributed by atoms with Crippen LogP contribution in [0.1, 0.15) is 76.8 Å². The number of carboxylic acids is 1. The number of aryl methyl sites for hydroxylation is 4. The lowest BCUT2D eigenvalue weighted by Crippen LogP contribution is -2.48. The number of primary amides is 1. The molecule has 2 atom stereocenters. The summed E-state index contributed by atoms with van der Waals surface area (Å²) < 4.78 is 3.04. The molecule has 2 aliphatic rings. The van der Waals surface area contributed by atoms with Crippen LogP contribution >= 0.6 is 13.5 Å². The highest BCUT2D eigenvalue weighted by molar-refractivity contribution is 8.07. The zero-order valence-corrected chi connectivity index (χ0v) is 47.1. The summed E-state index contributed by atoms with van der Waals surface area (Å²) in [6.07, 6.45) is 17.6. The van der Waals surface area contributed by atoms with E-state index in [-0.39, 0.29) is 75.5 Å². The van der Waals surface area contributed by atoms with E-state index in [1.54, 1.807) is 65.6 Å². The summed E-state index contributed by atoms with van der Waals surface area (Å²) in [7, 11) is 0. The van der Waals surface area contributed by atoms with Gasteiger partial charge in [-0.25, -0.2) is 24.9 Å². The van der Waals surface area contributed by atoms with Gasteiger partial charge in [-0.2, -0.15) is 18.6 Å². The summed E-state index contributed by atoms with van der Waals surface area (Å²) in [5.41, 5.74) is 13.2. The van der Waals surface area contributed by atoms with Crippen LogP contribution in [0.2, 0.25) is 0 Å². The van der Waals surface area contributed by atoms with E-state index in [2.05, 4.69) is 68.0 Å². The first kappa shape index (κ1) is 63.2. The highest BCUT2D eigenvalue weighted by Crippen LogP contribution is 2.29. The van der Waals surface area contributed by atoms with Crippen molar-refractivity contribution in [2.75, 3.05) is 18.4 Å². The molecule has 10 rings (SSSR count). The molecule has 0 radical (unpaired) electrons. The van der Waals surface area contributed by atoms with Gasteiger partial charge in [-0.1, -0.05) is 56.0 Å². The molecule has 20 nitrogen and oxygen atoms in total. The van der Waals surface area contributed by atoms with E-state index in [9.17, 15) is 28.8 Å². The predicted octanol–water partition coefficient (Wildman–Crippen LogP) is 7.26. The fourth-order valence-electron chi connectivity index (χ4n) is 8.88. The molecule has 0 saturated heterocycles. The average Bonchev–Trinajstić information content (AvgIpc) is 4.22. The number of aliphatic carboxylic acids is 1. The highest BCUT2D eigenvalue weighted by atomic mass is 32.8. The molecule has 0 fully saturated rings. The molecule has 23 heteroatoms. The number of anilines is 1. The molecule has 1 unspecified atom stereocenters. The van der Waals surface area contributed by atoms with Gasteiger partial charge in [-0.15, -0.1) is 0 Å². The van der Waals surface area contributed by atoms with Gasteiger partial charge in [0, 0.05) is 117 Å². The number of hydrogen-bond acceptors (Lipinski definition) is 16. The normalized spacial score (nSPS) is 14.1. The van der Waals surface area contributed by atoms with Crippen molar-refractivity contribution in [1.29, 1.82) is 0 Å². The topological polar surface area (TPSA) is 276 Å². The van der Waals surface area contributed by atoms with Crippen molar-refractivity contribution >= 4 is 98.8 Å². The molecule has 81 heavy (non-hydrogen) atoms. The molecule has 5 N–H and O–H groups in total. The molecule has 8 aromatic rings. The van der Waals surface area contributed by atoms with Gasteiger partial charge in [0.2, 0.25) is 11.8 Å². The second kappa shape index (κ2) is 29.5. The number of Topliss-reactive ketones (excluding diaryl/α,β-unsaturated/α-hetero) is 2. The summed E-state index contributed by atoms with van der Waals surface area (Å²) in [4.78, 5) is 101. The second-order valence-corrected chi connectivity index (χ2v) is 18.5. The zero-order valence-electron chi connectivity index (χ0n) is 44.5. The SMILES string of the molecule is C.CC(=O)c1cn(CC(=O)O)c2ccc(-c3cnc(C)nc3)cc12.Cc1cccc(CC(=O)C2CC=CCN2C(=O)Cn2nc(C(N)=O)c3cc(-c4cnc(C)nc4)ccc32)n1.Cc1cccc(NC(=O)[C@@H]2CC=CCN2)n1.S.S=S. The number of fused-ring (bicyclic) bond motifs is 2. The molecule has 2 aliphatic heterocycles. The van der Waals surface area contributed by atoms with Gasteiger partial charge < -0.3 is 30.9 Å². The van der Waals surface area contributed by atoms with Crippen molar-refractivity contribution < 1.29 is 33.9 Å². The quantitative estimate of drug-likeness (QED) is 0.0653. The van der Waals surface area contributed by atoms with Crippen molar-refractivity contribution in [2.45, 2.75) is 86.5 Å². The Hall–Kier alpha value is -8.64. The highest BCUT2D eigenvalue weighted by Gasteiger charge is 2.31. The number of rotatable bonds is 13. The third kappa shape index (κ3) is 16.5. The Morgan fingerprint density at radius 1 is 0.728 bits per heavy atom. The van der Waals surface area contributed by atoms with Gasteiger partial charge >= 0.3 is 5.97 Å². The van der Waals surface area contributed by atoms with E-state index >= 15 is 0 Å². The first-order chi connectivity index (χ1) is 38.0. The summed E-state index contributed by atoms with van der Waals surface area (Å²) in [6.45, 7) is 9.60. The Balaban J connectivity index is 0.000000238. The number of nitrogens with two attached hydrogens (primary N) is 1. The number of nitrogens with zero attached hydrogens (tertiary/aromatic N) is 10. The Morgan fingerprint density at radius 3 is 1.89 bits per heavy atom. The Labute approximate surface area is 485 Å². The summed E-state index contributed by atoms with van der Waals surface area (Å²) in [5, 5.41) is 20.6. The fraction of sp³-hybridized carbons (Fsp3) is 0.259. The van der Waals surface area contributed by atoms with E-state index in [0.29, 0.717) is 52.6 Å². The summed E-state index contributed by atoms with van der Waals surface area (Å²) in [6, 6.07) is 21.4. The maximum absolute atomic E-state index is 13.5. The fourth-order valence-corrected chi connectivity index (χ4v) is 8.88. The van der Waals surface area contributed by atoms with Crippen LogP contribution in [0.4, 0.5) is 5.82 Å². The number of ketones is 2. The average molecular weight is 1150 g/mol. The van der Waals surface area contributed by atoms with E-state index < -0.39 is 17.9 Å². The lowest BCUT2D eigenvalue weighted by molar-refractivity contribution is -0.139. The molecule has 0 bridgehead atoms. The van der Waals surface area contributed by atoms with Crippen LogP contribution in [0.5, 0.6) is 0 Å². The number of carbonyl (C=O) groups is 6. The van der Waals surface area contributed by atoms with Gasteiger partial charge in [-0.3, -0.25) is 38.4 Å². The van der Waals surface area contributed by atoms with E-state index in [4.69, 9.17) is 10.8 Å².